The summed E-state index contributed by atoms with van der Waals surface area (Å²) in [6, 6.07) is 75.9. The molecule has 0 saturated carbocycles. The summed E-state index contributed by atoms with van der Waals surface area (Å²) in [6.07, 6.45) is 24.3. The molecule has 1 aliphatic heterocycles. The van der Waals surface area contributed by atoms with Gasteiger partial charge in [0.25, 0.3) is 0 Å². The predicted octanol–water partition coefficient (Wildman–Crippen LogP) is 17.3. The molecule has 4 aliphatic rings. The normalized spacial score (nSPS) is 17.0. The Balaban J connectivity index is 0.923. The van der Waals surface area contributed by atoms with E-state index in [2.05, 4.69) is 252 Å². The Morgan fingerprint density at radius 3 is 1.94 bits per heavy atom. The number of aromatic nitrogens is 4. The molecule has 3 unspecified atom stereocenters. The number of hydrogen-bond acceptors (Lipinski definition) is 5. The Morgan fingerprint density at radius 1 is 0.469 bits per heavy atom. The molecule has 12 aromatic rings. The lowest BCUT2D eigenvalue weighted by atomic mass is 9.80. The van der Waals surface area contributed by atoms with E-state index in [9.17, 15) is 0 Å². The second-order valence-corrected chi connectivity index (χ2v) is 21.6. The minimum Gasteiger partial charge on any atom is -0.456 e. The molecule has 16 rings (SSSR count). The zero-order valence-corrected chi connectivity index (χ0v) is 44.4. The third-order valence-corrected chi connectivity index (χ3v) is 17.0. The maximum Gasteiger partial charge on any atom is 0.166 e. The van der Waals surface area contributed by atoms with Gasteiger partial charge in [-0.15, -0.1) is 0 Å². The van der Waals surface area contributed by atoms with Crippen molar-refractivity contribution < 1.29 is 4.42 Å². The number of rotatable bonds is 9. The number of hydrogen-bond donors (Lipinski definition) is 0. The molecule has 0 N–H and O–H groups in total. The van der Waals surface area contributed by atoms with Gasteiger partial charge < -0.3 is 13.9 Å². The summed E-state index contributed by atoms with van der Waals surface area (Å²) < 4.78 is 8.97. The smallest absolute Gasteiger partial charge is 0.166 e. The summed E-state index contributed by atoms with van der Waals surface area (Å²) in [4.78, 5) is 19.0. The molecule has 3 aliphatic carbocycles. The van der Waals surface area contributed by atoms with E-state index in [-0.39, 0.29) is 12.0 Å². The molecule has 0 bridgehead atoms. The molecule has 6 heteroatoms. The predicted molar refractivity (Wildman–Crippen MR) is 333 cm³/mol. The van der Waals surface area contributed by atoms with Gasteiger partial charge in [-0.1, -0.05) is 218 Å². The van der Waals surface area contributed by atoms with Gasteiger partial charge >= 0.3 is 0 Å². The zero-order valence-electron chi connectivity index (χ0n) is 44.4. The van der Waals surface area contributed by atoms with Gasteiger partial charge in [0.1, 0.15) is 11.2 Å². The Kier molecular flexibility index (Phi) is 11.2. The van der Waals surface area contributed by atoms with Crippen LogP contribution in [0.15, 0.2) is 265 Å². The first kappa shape index (κ1) is 46.9. The molecular weight excluding hydrogens is 987 g/mol. The fourth-order valence-electron chi connectivity index (χ4n) is 13.3. The number of fused-ring (bicyclic) bond motifs is 9. The third-order valence-electron chi connectivity index (χ3n) is 17.0. The van der Waals surface area contributed by atoms with E-state index >= 15 is 0 Å². The van der Waals surface area contributed by atoms with Gasteiger partial charge in [0.15, 0.2) is 17.5 Å². The van der Waals surface area contributed by atoms with Crippen molar-refractivity contribution in [2.24, 2.45) is 5.92 Å². The number of furan rings is 1. The lowest BCUT2D eigenvalue weighted by Gasteiger charge is -2.31. The molecule has 0 saturated heterocycles. The molecule has 0 spiro atoms. The van der Waals surface area contributed by atoms with Crippen molar-refractivity contribution in [3.63, 3.8) is 0 Å². The summed E-state index contributed by atoms with van der Waals surface area (Å²) in [7, 11) is 0. The Labute approximate surface area is 469 Å². The fourth-order valence-corrected chi connectivity index (χ4v) is 13.3. The molecule has 384 valence electrons. The van der Waals surface area contributed by atoms with Crippen molar-refractivity contribution in [1.29, 1.82) is 0 Å². The van der Waals surface area contributed by atoms with E-state index in [0.29, 0.717) is 23.4 Å². The van der Waals surface area contributed by atoms with E-state index in [1.165, 1.54) is 49.6 Å². The SMILES string of the molecule is C1=CCC(C2=CC3C(C=C2)c2c(-c4cccc5c4c4c(n5-c5cc(-c6ccccc6)ccc5-c5nc(-c6ccc(-c7ccccc7)cc6)nc(-c6cccc7oc8ccccc8c67)n5)=CCCC=4)cccc2N3c2ccccc2)C=C1. The van der Waals surface area contributed by atoms with Crippen LogP contribution in [0.4, 0.5) is 11.4 Å². The molecule has 0 amide bonds. The molecule has 0 radical (unpaired) electrons. The first-order valence-corrected chi connectivity index (χ1v) is 28.3. The summed E-state index contributed by atoms with van der Waals surface area (Å²) in [6.45, 7) is 0. The van der Waals surface area contributed by atoms with Crippen molar-refractivity contribution in [3.8, 4) is 73.2 Å². The average Bonchev–Trinajstić information content (AvgIpc) is 4.33. The first-order valence-electron chi connectivity index (χ1n) is 28.3. The number of benzene rings is 9. The quantitative estimate of drug-likeness (QED) is 0.144. The van der Waals surface area contributed by atoms with Crippen LogP contribution in [-0.4, -0.2) is 25.6 Å². The molecular formula is C75H53N5O. The highest BCUT2D eigenvalue weighted by molar-refractivity contribution is 6.12. The van der Waals surface area contributed by atoms with Crippen LogP contribution < -0.4 is 15.5 Å². The van der Waals surface area contributed by atoms with Crippen LogP contribution in [0.3, 0.4) is 0 Å². The average molecular weight is 1040 g/mol. The molecule has 3 aromatic heterocycles. The van der Waals surface area contributed by atoms with E-state index < -0.39 is 0 Å². The van der Waals surface area contributed by atoms with E-state index in [4.69, 9.17) is 19.4 Å². The number of para-hydroxylation sites is 2. The van der Waals surface area contributed by atoms with Crippen LogP contribution in [-0.2, 0) is 0 Å². The van der Waals surface area contributed by atoms with Gasteiger partial charge in [0.05, 0.1) is 17.2 Å². The van der Waals surface area contributed by atoms with Crippen molar-refractivity contribution in [2.45, 2.75) is 31.2 Å². The third kappa shape index (κ3) is 7.89. The number of nitrogens with zero attached hydrogens (tertiary/aromatic N) is 5. The standard InChI is InChI=1S/C75H53N5O/c1-5-20-48(21-6-1)51-38-40-52(41-39-51)73-76-74(78-75(77-73)62-32-19-37-69-72(62)61-29-14-16-36-68(61)81-69)60-45-43-54(50-24-9-3-10-25-50)47-67(60)80-63-33-15-13-28-58(63)70-56(31-18-35-65(70)80)57-30-17-34-64-71(57)59-44-42-53(49-22-7-2-8-23-49)46-66(59)79(64)55-26-11-4-12-27-55/h1-12,14,16-22,24-47,49,59,66H,13,15,23H2. The molecule has 4 heterocycles. The minimum atomic E-state index is 0.125. The van der Waals surface area contributed by atoms with Crippen molar-refractivity contribution in [1.82, 2.24) is 19.5 Å². The van der Waals surface area contributed by atoms with Crippen LogP contribution in [0, 0.1) is 5.92 Å². The highest BCUT2D eigenvalue weighted by Crippen LogP contribution is 2.53. The van der Waals surface area contributed by atoms with Gasteiger partial charge in [-0.2, -0.15) is 0 Å². The van der Waals surface area contributed by atoms with Crippen LogP contribution in [0.25, 0.3) is 118 Å². The second kappa shape index (κ2) is 19.3. The van der Waals surface area contributed by atoms with Gasteiger partial charge in [-0.05, 0) is 112 Å². The molecule has 6 nitrogen and oxygen atoms in total. The van der Waals surface area contributed by atoms with Gasteiger partial charge in [-0.25, -0.2) is 15.0 Å². The maximum absolute atomic E-state index is 6.47. The topological polar surface area (TPSA) is 60.0 Å². The number of anilines is 2. The Morgan fingerprint density at radius 2 is 1.12 bits per heavy atom. The van der Waals surface area contributed by atoms with Gasteiger partial charge in [0.2, 0.25) is 0 Å². The molecule has 0 fully saturated rings. The maximum atomic E-state index is 6.47. The van der Waals surface area contributed by atoms with Crippen molar-refractivity contribution in [3.05, 3.63) is 277 Å². The lowest BCUT2D eigenvalue weighted by Crippen LogP contribution is -2.30. The fraction of sp³-hybridized carbons (Fsp3) is 0.0800. The minimum absolute atomic E-state index is 0.125. The lowest BCUT2D eigenvalue weighted by molar-refractivity contribution is 0.669. The summed E-state index contributed by atoms with van der Waals surface area (Å²) >= 11 is 0. The van der Waals surface area contributed by atoms with Crippen LogP contribution >= 0.6 is 0 Å². The van der Waals surface area contributed by atoms with Crippen LogP contribution in [0.1, 0.15) is 30.7 Å². The summed E-state index contributed by atoms with van der Waals surface area (Å²) in [5.41, 5.74) is 18.6. The van der Waals surface area contributed by atoms with E-state index in [0.717, 1.165) is 91.3 Å². The Hall–Kier alpha value is -10.2. The summed E-state index contributed by atoms with van der Waals surface area (Å²) in [5.74, 6) is 2.25. The highest BCUT2D eigenvalue weighted by Gasteiger charge is 2.41. The highest BCUT2D eigenvalue weighted by atomic mass is 16.3. The molecule has 3 atom stereocenters. The Bertz CT molecular complexity index is 4740. The molecule has 9 aromatic carbocycles. The largest absolute Gasteiger partial charge is 0.456 e. The van der Waals surface area contributed by atoms with Crippen molar-refractivity contribution in [2.75, 3.05) is 4.90 Å². The monoisotopic (exact) mass is 1040 g/mol. The molecule has 81 heavy (non-hydrogen) atoms. The number of allylic oxidation sites excluding steroid dienone is 6. The van der Waals surface area contributed by atoms with Crippen LogP contribution in [0.5, 0.6) is 0 Å². The van der Waals surface area contributed by atoms with E-state index in [1.54, 1.807) is 0 Å². The van der Waals surface area contributed by atoms with E-state index in [1.807, 2.05) is 24.3 Å². The van der Waals surface area contributed by atoms with Crippen molar-refractivity contribution >= 4 is 56.4 Å². The second-order valence-electron chi connectivity index (χ2n) is 21.6. The van der Waals surface area contributed by atoms with Gasteiger partial charge in [-0.3, -0.25) is 0 Å². The van der Waals surface area contributed by atoms with Crippen LogP contribution in [0.2, 0.25) is 0 Å². The zero-order chi connectivity index (χ0) is 53.4. The van der Waals surface area contributed by atoms with Gasteiger partial charge in [0, 0.05) is 66.6 Å². The summed E-state index contributed by atoms with van der Waals surface area (Å²) in [5, 5.41) is 5.66. The first-order chi connectivity index (χ1) is 40.2.